The molecule has 1 aromatic heterocycles. The number of carbonyl (C=O) groups is 1. The molecule has 2 aliphatic rings. The van der Waals surface area contributed by atoms with Crippen molar-refractivity contribution in [3.05, 3.63) is 47.4 Å². The van der Waals surface area contributed by atoms with E-state index in [4.69, 9.17) is 4.98 Å². The highest BCUT2D eigenvalue weighted by molar-refractivity contribution is 5.95. The molecule has 1 atom stereocenters. The first-order valence-electron chi connectivity index (χ1n) is 11.0. The number of benzene rings is 1. The van der Waals surface area contributed by atoms with Crippen LogP contribution in [0, 0.1) is 0 Å². The largest absolute Gasteiger partial charge is 0.373 e. The first-order chi connectivity index (χ1) is 14.6. The number of hydrogen-bond donors (Lipinski definition) is 2. The van der Waals surface area contributed by atoms with Gasteiger partial charge in [0.1, 0.15) is 11.6 Å². The number of aromatic nitrogens is 2. The van der Waals surface area contributed by atoms with Gasteiger partial charge in [-0.25, -0.2) is 9.97 Å². The molecule has 1 saturated heterocycles. The van der Waals surface area contributed by atoms with E-state index in [1.165, 1.54) is 5.56 Å². The van der Waals surface area contributed by atoms with E-state index in [1.807, 2.05) is 42.1 Å². The normalized spacial score (nSPS) is 18.9. The predicted octanol–water partition coefficient (Wildman–Crippen LogP) is 2.40. The Bertz CT molecular complexity index is 880. The Hall–Kier alpha value is -2.51. The fourth-order valence-corrected chi connectivity index (χ4v) is 4.42. The zero-order valence-electron chi connectivity index (χ0n) is 18.0. The molecule has 1 amide bonds. The van der Waals surface area contributed by atoms with Gasteiger partial charge < -0.3 is 15.5 Å². The molecule has 4 rings (SSSR count). The Kier molecular flexibility index (Phi) is 6.59. The standard InChI is InChI=1S/C23H32N6O/c1-24-21-13-19(26-23(27-21)18-8-5-11-25-14-18)15-28(2)16-22(30)29-12-6-9-17-7-3-4-10-20(17)29/h3-4,7,10,13,18,25H,5-6,8-9,11-12,14-16H2,1-2H3,(H,24,26,27)/t18-/m0/s1. The Morgan fingerprint density at radius 1 is 1.30 bits per heavy atom. The van der Waals surface area contributed by atoms with E-state index in [9.17, 15) is 4.79 Å². The van der Waals surface area contributed by atoms with Crippen LogP contribution in [0.4, 0.5) is 11.5 Å². The lowest BCUT2D eigenvalue weighted by atomic mass is 9.99. The summed E-state index contributed by atoms with van der Waals surface area (Å²) >= 11 is 0. The van der Waals surface area contributed by atoms with Crippen molar-refractivity contribution in [2.45, 2.75) is 38.1 Å². The highest BCUT2D eigenvalue weighted by Gasteiger charge is 2.24. The monoisotopic (exact) mass is 408 g/mol. The Morgan fingerprint density at radius 2 is 2.17 bits per heavy atom. The molecule has 3 heterocycles. The lowest BCUT2D eigenvalue weighted by Gasteiger charge is -2.31. The molecule has 2 aliphatic heterocycles. The van der Waals surface area contributed by atoms with Crippen LogP contribution in [0.15, 0.2) is 30.3 Å². The number of aryl methyl sites for hydroxylation is 1. The minimum absolute atomic E-state index is 0.143. The Labute approximate surface area is 178 Å². The number of rotatable bonds is 6. The molecule has 160 valence electrons. The van der Waals surface area contributed by atoms with Crippen molar-refractivity contribution in [3.8, 4) is 0 Å². The third-order valence-corrected chi connectivity index (χ3v) is 5.96. The molecule has 0 radical (unpaired) electrons. The third-order valence-electron chi connectivity index (χ3n) is 5.96. The molecule has 30 heavy (non-hydrogen) atoms. The molecule has 1 fully saturated rings. The number of piperidine rings is 1. The zero-order valence-corrected chi connectivity index (χ0v) is 18.0. The second-order valence-corrected chi connectivity index (χ2v) is 8.35. The predicted molar refractivity (Wildman–Crippen MR) is 120 cm³/mol. The first-order valence-corrected chi connectivity index (χ1v) is 11.0. The van der Waals surface area contributed by atoms with Crippen molar-refractivity contribution in [1.82, 2.24) is 20.2 Å². The fourth-order valence-electron chi connectivity index (χ4n) is 4.42. The second kappa shape index (κ2) is 9.53. The molecule has 0 aliphatic carbocycles. The molecule has 0 unspecified atom stereocenters. The van der Waals surface area contributed by atoms with Gasteiger partial charge in [-0.05, 0) is 50.9 Å². The number of nitrogens with one attached hydrogen (secondary N) is 2. The van der Waals surface area contributed by atoms with Crippen LogP contribution < -0.4 is 15.5 Å². The molecule has 0 saturated carbocycles. The van der Waals surface area contributed by atoms with E-state index in [0.29, 0.717) is 19.0 Å². The summed E-state index contributed by atoms with van der Waals surface area (Å²) in [6, 6.07) is 10.2. The molecule has 0 bridgehead atoms. The first kappa shape index (κ1) is 20.8. The van der Waals surface area contributed by atoms with Crippen molar-refractivity contribution in [2.75, 3.05) is 50.5 Å². The SMILES string of the molecule is CNc1cc(CN(C)CC(=O)N2CCCc3ccccc32)nc([C@H]2CCCNC2)n1. The van der Waals surface area contributed by atoms with Gasteiger partial charge in [0.25, 0.3) is 0 Å². The van der Waals surface area contributed by atoms with Crippen LogP contribution in [0.2, 0.25) is 0 Å². The van der Waals surface area contributed by atoms with Crippen LogP contribution in [0.25, 0.3) is 0 Å². The van der Waals surface area contributed by atoms with Crippen LogP contribution in [0.3, 0.4) is 0 Å². The molecule has 2 N–H and O–H groups in total. The van der Waals surface area contributed by atoms with Crippen molar-refractivity contribution in [3.63, 3.8) is 0 Å². The van der Waals surface area contributed by atoms with Crippen molar-refractivity contribution in [2.24, 2.45) is 0 Å². The maximum atomic E-state index is 13.0. The number of hydrogen-bond acceptors (Lipinski definition) is 6. The lowest BCUT2D eigenvalue weighted by molar-refractivity contribution is -0.119. The molecular formula is C23H32N6O. The Morgan fingerprint density at radius 3 is 2.97 bits per heavy atom. The second-order valence-electron chi connectivity index (χ2n) is 8.35. The smallest absolute Gasteiger partial charge is 0.241 e. The van der Waals surface area contributed by atoms with Gasteiger partial charge in [0.05, 0.1) is 12.2 Å². The van der Waals surface area contributed by atoms with Crippen LogP contribution in [-0.2, 0) is 17.8 Å². The molecule has 0 spiro atoms. The van der Waals surface area contributed by atoms with Gasteiger partial charge in [0.2, 0.25) is 5.91 Å². The average Bonchev–Trinajstić information content (AvgIpc) is 2.78. The van der Waals surface area contributed by atoms with E-state index in [-0.39, 0.29) is 5.91 Å². The van der Waals surface area contributed by atoms with E-state index in [0.717, 1.165) is 68.3 Å². The quantitative estimate of drug-likeness (QED) is 0.765. The topological polar surface area (TPSA) is 73.4 Å². The molecular weight excluding hydrogens is 376 g/mol. The highest BCUT2D eigenvalue weighted by atomic mass is 16.2. The summed E-state index contributed by atoms with van der Waals surface area (Å²) in [7, 11) is 3.87. The minimum atomic E-state index is 0.143. The Balaban J connectivity index is 1.44. The number of amides is 1. The van der Waals surface area contributed by atoms with Crippen LogP contribution in [0.1, 0.15) is 42.3 Å². The summed E-state index contributed by atoms with van der Waals surface area (Å²) in [5, 5.41) is 6.60. The maximum absolute atomic E-state index is 13.0. The van der Waals surface area contributed by atoms with Gasteiger partial charge in [-0.15, -0.1) is 0 Å². The van der Waals surface area contributed by atoms with Gasteiger partial charge in [-0.2, -0.15) is 0 Å². The number of anilines is 2. The van der Waals surface area contributed by atoms with Crippen molar-refractivity contribution in [1.29, 1.82) is 0 Å². The van der Waals surface area contributed by atoms with E-state index in [1.54, 1.807) is 0 Å². The number of likely N-dealkylation sites (N-methyl/N-ethyl adjacent to an activating group) is 1. The maximum Gasteiger partial charge on any atom is 0.241 e. The minimum Gasteiger partial charge on any atom is -0.373 e. The van der Waals surface area contributed by atoms with Gasteiger partial charge in [-0.1, -0.05) is 18.2 Å². The summed E-state index contributed by atoms with van der Waals surface area (Å²) in [4.78, 5) is 26.5. The lowest BCUT2D eigenvalue weighted by Crippen LogP contribution is -2.41. The van der Waals surface area contributed by atoms with Crippen LogP contribution >= 0.6 is 0 Å². The van der Waals surface area contributed by atoms with Crippen LogP contribution in [0.5, 0.6) is 0 Å². The summed E-state index contributed by atoms with van der Waals surface area (Å²) < 4.78 is 0. The van der Waals surface area contributed by atoms with Gasteiger partial charge in [0.15, 0.2) is 0 Å². The third kappa shape index (κ3) is 4.79. The van der Waals surface area contributed by atoms with Gasteiger partial charge in [-0.3, -0.25) is 9.69 Å². The number of nitrogens with zero attached hydrogens (tertiary/aromatic N) is 4. The van der Waals surface area contributed by atoms with Gasteiger partial charge >= 0.3 is 0 Å². The van der Waals surface area contributed by atoms with Crippen molar-refractivity contribution >= 4 is 17.4 Å². The van der Waals surface area contributed by atoms with Gasteiger partial charge in [0, 0.05) is 44.4 Å². The summed E-state index contributed by atoms with van der Waals surface area (Å²) in [5.74, 6) is 2.23. The van der Waals surface area contributed by atoms with E-state index < -0.39 is 0 Å². The molecule has 1 aromatic carbocycles. The summed E-state index contributed by atoms with van der Waals surface area (Å²) in [6.07, 6.45) is 4.33. The summed E-state index contributed by atoms with van der Waals surface area (Å²) in [6.45, 7) is 3.77. The van der Waals surface area contributed by atoms with Crippen LogP contribution in [-0.4, -0.2) is 61.0 Å². The molecule has 7 nitrogen and oxygen atoms in total. The van der Waals surface area contributed by atoms with E-state index >= 15 is 0 Å². The number of fused-ring (bicyclic) bond motifs is 1. The fraction of sp³-hybridized carbons (Fsp3) is 0.522. The molecule has 2 aromatic rings. The van der Waals surface area contributed by atoms with Crippen molar-refractivity contribution < 1.29 is 4.79 Å². The number of para-hydroxylation sites is 1. The zero-order chi connectivity index (χ0) is 20.9. The number of carbonyl (C=O) groups excluding carboxylic acids is 1. The van der Waals surface area contributed by atoms with E-state index in [2.05, 4.69) is 27.8 Å². The average molecular weight is 409 g/mol. The molecule has 7 heteroatoms. The summed E-state index contributed by atoms with van der Waals surface area (Å²) in [5.41, 5.74) is 3.28. The highest BCUT2D eigenvalue weighted by Crippen LogP contribution is 2.27.